The Kier molecular flexibility index (Phi) is 4.28. The minimum Gasteiger partial charge on any atom is -0.349 e. The Labute approximate surface area is 99.2 Å². The second-order valence-electron chi connectivity index (χ2n) is 4.81. The smallest absolute Gasteiger partial charge is 0.345 e. The maximum atomic E-state index is 7.20. The lowest BCUT2D eigenvalue weighted by Crippen LogP contribution is -2.26. The van der Waals surface area contributed by atoms with Crippen molar-refractivity contribution in [2.45, 2.75) is 39.2 Å². The van der Waals surface area contributed by atoms with Gasteiger partial charge in [-0.15, -0.1) is 0 Å². The molecule has 16 heavy (non-hydrogen) atoms. The Bertz CT molecular complexity index is 372. The predicted molar refractivity (Wildman–Crippen MR) is 69.6 cm³/mol. The minimum absolute atomic E-state index is 0.433. The van der Waals surface area contributed by atoms with E-state index in [1.54, 1.807) is 0 Å². The van der Waals surface area contributed by atoms with Gasteiger partial charge in [-0.2, -0.15) is 0 Å². The molecule has 0 fully saturated rings. The van der Waals surface area contributed by atoms with Crippen LogP contribution in [0.3, 0.4) is 0 Å². The Morgan fingerprint density at radius 1 is 1.25 bits per heavy atom. The van der Waals surface area contributed by atoms with Crippen molar-refractivity contribution in [2.75, 3.05) is 0 Å². The number of nitrogens with zero attached hydrogens (tertiary/aromatic N) is 1. The number of hydrogen-bond acceptors (Lipinski definition) is 1. The van der Waals surface area contributed by atoms with Gasteiger partial charge in [0.15, 0.2) is 8.32 Å². The third-order valence-electron chi connectivity index (χ3n) is 2.26. The second kappa shape index (κ2) is 5.29. The van der Waals surface area contributed by atoms with Crippen molar-refractivity contribution in [1.82, 2.24) is 0 Å². The van der Waals surface area contributed by atoms with E-state index in [1.165, 1.54) is 5.56 Å². The van der Waals surface area contributed by atoms with E-state index in [0.29, 0.717) is 0 Å². The average molecular weight is 233 g/mol. The van der Waals surface area contributed by atoms with Crippen LogP contribution in [0.4, 0.5) is 0 Å². The van der Waals surface area contributed by atoms with Crippen LogP contribution >= 0.6 is 0 Å². The van der Waals surface area contributed by atoms with Gasteiger partial charge in [0.25, 0.3) is 0 Å². The molecular formula is C13H19NOSi. The van der Waals surface area contributed by atoms with E-state index in [2.05, 4.69) is 43.5 Å². The number of benzene rings is 1. The first-order valence-electron chi connectivity index (χ1n) is 5.59. The molecule has 1 rings (SSSR count). The fourth-order valence-electron chi connectivity index (χ4n) is 1.42. The Balaban J connectivity index is 2.84. The molecule has 0 heterocycles. The highest BCUT2D eigenvalue weighted by atomic mass is 28.4. The van der Waals surface area contributed by atoms with Gasteiger partial charge in [-0.05, 0) is 43.8 Å². The lowest BCUT2D eigenvalue weighted by atomic mass is 10.1. The van der Waals surface area contributed by atoms with E-state index in [-0.39, 0.29) is 0 Å². The Hall–Kier alpha value is -1.11. The summed E-state index contributed by atoms with van der Waals surface area (Å²) in [5.74, 6) is 0. The van der Waals surface area contributed by atoms with E-state index < -0.39 is 14.5 Å². The van der Waals surface area contributed by atoms with Crippen molar-refractivity contribution in [1.29, 1.82) is 0 Å². The van der Waals surface area contributed by atoms with Gasteiger partial charge < -0.3 is 4.43 Å². The van der Waals surface area contributed by atoms with Gasteiger partial charge in [-0.25, -0.2) is 6.57 Å². The Morgan fingerprint density at radius 3 is 2.19 bits per heavy atom. The summed E-state index contributed by atoms with van der Waals surface area (Å²) in [5, 5.41) is 0. The molecule has 1 aromatic carbocycles. The summed E-state index contributed by atoms with van der Waals surface area (Å²) in [6.45, 7) is 15.6. The fourth-order valence-corrected chi connectivity index (χ4v) is 2.28. The topological polar surface area (TPSA) is 13.6 Å². The standard InChI is InChI=1S/C13H19NOSi/c1-6-11-7-9-12(10-8-11)13(14-2)15-16(3,4)5/h7-10,13H,6H2,1,3-5H3. The summed E-state index contributed by atoms with van der Waals surface area (Å²) in [7, 11) is -1.66. The van der Waals surface area contributed by atoms with Gasteiger partial charge in [-0.1, -0.05) is 19.1 Å². The summed E-state index contributed by atoms with van der Waals surface area (Å²) in [6, 6.07) is 8.14. The normalized spacial score (nSPS) is 13.2. The molecule has 0 amide bonds. The Morgan fingerprint density at radius 2 is 1.81 bits per heavy atom. The molecular weight excluding hydrogens is 214 g/mol. The molecule has 0 N–H and O–H groups in total. The minimum atomic E-state index is -1.66. The maximum Gasteiger partial charge on any atom is 0.345 e. The van der Waals surface area contributed by atoms with Gasteiger partial charge in [0.2, 0.25) is 0 Å². The van der Waals surface area contributed by atoms with Crippen LogP contribution < -0.4 is 0 Å². The summed E-state index contributed by atoms with van der Waals surface area (Å²) in [5.41, 5.74) is 2.26. The van der Waals surface area contributed by atoms with E-state index >= 15 is 0 Å². The van der Waals surface area contributed by atoms with E-state index in [1.807, 2.05) is 12.1 Å². The maximum absolute atomic E-state index is 7.20. The van der Waals surface area contributed by atoms with Crippen LogP contribution in [0.5, 0.6) is 0 Å². The quantitative estimate of drug-likeness (QED) is 0.566. The first-order valence-corrected chi connectivity index (χ1v) is 9.00. The first kappa shape index (κ1) is 13.0. The number of aryl methyl sites for hydroxylation is 1. The molecule has 1 unspecified atom stereocenters. The zero-order valence-electron chi connectivity index (χ0n) is 10.4. The summed E-state index contributed by atoms with van der Waals surface area (Å²) >= 11 is 0. The summed E-state index contributed by atoms with van der Waals surface area (Å²) in [6.07, 6.45) is 0.593. The van der Waals surface area contributed by atoms with Gasteiger partial charge in [0, 0.05) is 0 Å². The van der Waals surface area contributed by atoms with Crippen LogP contribution in [-0.4, -0.2) is 8.32 Å². The van der Waals surface area contributed by atoms with Crippen LogP contribution in [-0.2, 0) is 10.8 Å². The second-order valence-corrected chi connectivity index (χ2v) is 9.27. The van der Waals surface area contributed by atoms with Crippen LogP contribution in [0.2, 0.25) is 19.6 Å². The molecule has 0 aromatic heterocycles. The molecule has 0 aliphatic rings. The third kappa shape index (κ3) is 3.80. The first-order chi connectivity index (χ1) is 7.46. The number of rotatable bonds is 4. The van der Waals surface area contributed by atoms with Crippen LogP contribution in [0.1, 0.15) is 24.3 Å². The molecule has 1 atom stereocenters. The van der Waals surface area contributed by atoms with Crippen molar-refractivity contribution in [2.24, 2.45) is 0 Å². The van der Waals surface area contributed by atoms with Crippen molar-refractivity contribution in [3.63, 3.8) is 0 Å². The molecule has 0 spiro atoms. The van der Waals surface area contributed by atoms with Crippen molar-refractivity contribution in [3.8, 4) is 0 Å². The van der Waals surface area contributed by atoms with Gasteiger partial charge in [0.1, 0.15) is 0 Å². The van der Waals surface area contributed by atoms with Crippen molar-refractivity contribution >= 4 is 8.32 Å². The average Bonchev–Trinajstić information content (AvgIpc) is 2.25. The summed E-state index contributed by atoms with van der Waals surface area (Å²) < 4.78 is 5.83. The molecule has 0 bridgehead atoms. The van der Waals surface area contributed by atoms with Crippen LogP contribution in [0.25, 0.3) is 4.85 Å². The molecule has 86 valence electrons. The van der Waals surface area contributed by atoms with Gasteiger partial charge in [-0.3, -0.25) is 4.85 Å². The molecule has 0 saturated heterocycles. The molecule has 2 nitrogen and oxygen atoms in total. The van der Waals surface area contributed by atoms with Crippen molar-refractivity contribution in [3.05, 3.63) is 46.8 Å². The van der Waals surface area contributed by atoms with Crippen LogP contribution in [0, 0.1) is 6.57 Å². The predicted octanol–water partition coefficient (Wildman–Crippen LogP) is 4.02. The molecule has 0 radical (unpaired) electrons. The lowest BCUT2D eigenvalue weighted by Gasteiger charge is -2.18. The van der Waals surface area contributed by atoms with E-state index in [4.69, 9.17) is 11.0 Å². The molecule has 0 aliphatic heterocycles. The van der Waals surface area contributed by atoms with E-state index in [9.17, 15) is 0 Å². The third-order valence-corrected chi connectivity index (χ3v) is 3.19. The highest BCUT2D eigenvalue weighted by molar-refractivity contribution is 6.69. The summed E-state index contributed by atoms with van der Waals surface area (Å²) in [4.78, 5) is 3.56. The van der Waals surface area contributed by atoms with Gasteiger partial charge in [0.05, 0.1) is 5.56 Å². The number of hydrogen-bond donors (Lipinski definition) is 0. The van der Waals surface area contributed by atoms with Crippen molar-refractivity contribution < 1.29 is 4.43 Å². The molecule has 0 aliphatic carbocycles. The zero-order valence-corrected chi connectivity index (χ0v) is 11.4. The largest absolute Gasteiger partial charge is 0.349 e. The lowest BCUT2D eigenvalue weighted by molar-refractivity contribution is 0.245. The monoisotopic (exact) mass is 233 g/mol. The SMILES string of the molecule is [C-]#[N+]C(O[Si](C)(C)C)c1ccc(CC)cc1. The fraction of sp³-hybridized carbons (Fsp3) is 0.462. The molecule has 3 heteroatoms. The molecule has 0 saturated carbocycles. The van der Waals surface area contributed by atoms with Crippen LogP contribution in [0.15, 0.2) is 24.3 Å². The van der Waals surface area contributed by atoms with Gasteiger partial charge >= 0.3 is 6.23 Å². The zero-order chi connectivity index (χ0) is 12.2. The highest BCUT2D eigenvalue weighted by Gasteiger charge is 2.25. The van der Waals surface area contributed by atoms with E-state index in [0.717, 1.165) is 12.0 Å². The molecule has 1 aromatic rings. The highest BCUT2D eigenvalue weighted by Crippen LogP contribution is 2.23.